The van der Waals surface area contributed by atoms with Crippen molar-refractivity contribution < 1.29 is 4.79 Å². The maximum atomic E-state index is 12.9. The van der Waals surface area contributed by atoms with Gasteiger partial charge >= 0.3 is 0 Å². The highest BCUT2D eigenvalue weighted by atomic mass is 16.2. The van der Waals surface area contributed by atoms with Gasteiger partial charge in [0.15, 0.2) is 0 Å². The van der Waals surface area contributed by atoms with Gasteiger partial charge in [-0.2, -0.15) is 0 Å². The molecule has 0 spiro atoms. The molecule has 1 fully saturated rings. The van der Waals surface area contributed by atoms with E-state index in [1.807, 2.05) is 39.1 Å². The number of hydrogen-bond acceptors (Lipinski definition) is 2. The standard InChI is InChI=1S/C17H26N2O/c1-13-7-6-8-14(2)16(13)17(20)19-12-5-4-9-15(19)10-11-18-3/h6-8,15,18H,4-5,9-12H2,1-3H3. The second-order valence-electron chi connectivity index (χ2n) is 5.81. The summed E-state index contributed by atoms with van der Waals surface area (Å²) in [5.74, 6) is 0.224. The first-order valence-corrected chi connectivity index (χ1v) is 7.67. The minimum atomic E-state index is 0.224. The average Bonchev–Trinajstić information content (AvgIpc) is 2.45. The number of amides is 1. The van der Waals surface area contributed by atoms with Crippen molar-refractivity contribution >= 4 is 5.91 Å². The van der Waals surface area contributed by atoms with Crippen LogP contribution in [0.2, 0.25) is 0 Å². The van der Waals surface area contributed by atoms with Crippen LogP contribution in [-0.2, 0) is 0 Å². The van der Waals surface area contributed by atoms with Crippen molar-refractivity contribution in [2.24, 2.45) is 0 Å². The monoisotopic (exact) mass is 274 g/mol. The van der Waals surface area contributed by atoms with Gasteiger partial charge in [-0.05, 0) is 64.3 Å². The molecule has 1 amide bonds. The molecular weight excluding hydrogens is 248 g/mol. The Balaban J connectivity index is 2.21. The van der Waals surface area contributed by atoms with Gasteiger partial charge in [0.25, 0.3) is 5.91 Å². The number of piperidine rings is 1. The summed E-state index contributed by atoms with van der Waals surface area (Å²) in [5.41, 5.74) is 3.09. The van der Waals surface area contributed by atoms with Crippen molar-refractivity contribution in [1.29, 1.82) is 0 Å². The maximum absolute atomic E-state index is 12.9. The summed E-state index contributed by atoms with van der Waals surface area (Å²) in [6.07, 6.45) is 4.56. The molecule has 1 aliphatic rings. The van der Waals surface area contributed by atoms with E-state index in [0.29, 0.717) is 6.04 Å². The lowest BCUT2D eigenvalue weighted by molar-refractivity contribution is 0.0601. The Hall–Kier alpha value is -1.35. The van der Waals surface area contributed by atoms with Crippen molar-refractivity contribution in [3.63, 3.8) is 0 Å². The number of aryl methyl sites for hydroxylation is 2. The largest absolute Gasteiger partial charge is 0.336 e. The zero-order valence-corrected chi connectivity index (χ0v) is 12.9. The number of likely N-dealkylation sites (tertiary alicyclic amines) is 1. The van der Waals surface area contributed by atoms with E-state index in [2.05, 4.69) is 10.2 Å². The van der Waals surface area contributed by atoms with E-state index < -0.39 is 0 Å². The van der Waals surface area contributed by atoms with Gasteiger partial charge in [0.1, 0.15) is 0 Å². The van der Waals surface area contributed by atoms with E-state index in [0.717, 1.165) is 49.0 Å². The molecular formula is C17H26N2O. The van der Waals surface area contributed by atoms with Crippen LogP contribution >= 0.6 is 0 Å². The maximum Gasteiger partial charge on any atom is 0.254 e. The molecule has 3 nitrogen and oxygen atoms in total. The zero-order chi connectivity index (χ0) is 14.5. The van der Waals surface area contributed by atoms with Gasteiger partial charge in [-0.3, -0.25) is 4.79 Å². The lowest BCUT2D eigenvalue weighted by Gasteiger charge is -2.36. The van der Waals surface area contributed by atoms with Gasteiger partial charge in [-0.15, -0.1) is 0 Å². The molecule has 0 saturated carbocycles. The topological polar surface area (TPSA) is 32.3 Å². The molecule has 20 heavy (non-hydrogen) atoms. The molecule has 1 atom stereocenters. The van der Waals surface area contributed by atoms with Crippen LogP contribution in [-0.4, -0.2) is 37.0 Å². The van der Waals surface area contributed by atoms with E-state index in [4.69, 9.17) is 0 Å². The van der Waals surface area contributed by atoms with E-state index >= 15 is 0 Å². The van der Waals surface area contributed by atoms with Crippen LogP contribution < -0.4 is 5.32 Å². The molecule has 1 heterocycles. The third kappa shape index (κ3) is 3.21. The molecule has 0 aromatic heterocycles. The quantitative estimate of drug-likeness (QED) is 0.915. The summed E-state index contributed by atoms with van der Waals surface area (Å²) in [5, 5.41) is 3.20. The minimum absolute atomic E-state index is 0.224. The fraction of sp³-hybridized carbons (Fsp3) is 0.588. The number of nitrogens with one attached hydrogen (secondary N) is 1. The van der Waals surface area contributed by atoms with Crippen molar-refractivity contribution in [3.8, 4) is 0 Å². The molecule has 3 heteroatoms. The molecule has 1 unspecified atom stereocenters. The second kappa shape index (κ2) is 6.89. The Morgan fingerprint density at radius 3 is 2.65 bits per heavy atom. The molecule has 1 aromatic rings. The van der Waals surface area contributed by atoms with Crippen LogP contribution in [0.3, 0.4) is 0 Å². The van der Waals surface area contributed by atoms with E-state index in [-0.39, 0.29) is 5.91 Å². The zero-order valence-electron chi connectivity index (χ0n) is 12.9. The van der Waals surface area contributed by atoms with Gasteiger partial charge in [0.05, 0.1) is 0 Å². The van der Waals surface area contributed by atoms with Crippen LogP contribution in [0.5, 0.6) is 0 Å². The smallest absolute Gasteiger partial charge is 0.254 e. The minimum Gasteiger partial charge on any atom is -0.336 e. The summed E-state index contributed by atoms with van der Waals surface area (Å²) in [6.45, 7) is 5.95. The molecule has 0 bridgehead atoms. The van der Waals surface area contributed by atoms with Gasteiger partial charge < -0.3 is 10.2 Å². The fourth-order valence-electron chi connectivity index (χ4n) is 3.17. The lowest BCUT2D eigenvalue weighted by atomic mass is 9.95. The van der Waals surface area contributed by atoms with Crippen LogP contribution in [0.15, 0.2) is 18.2 Å². The molecule has 110 valence electrons. The molecule has 1 saturated heterocycles. The van der Waals surface area contributed by atoms with Gasteiger partial charge in [-0.1, -0.05) is 18.2 Å². The summed E-state index contributed by atoms with van der Waals surface area (Å²) >= 11 is 0. The highest BCUT2D eigenvalue weighted by Gasteiger charge is 2.28. The first-order chi connectivity index (χ1) is 9.65. The van der Waals surface area contributed by atoms with Crippen LogP contribution in [0.25, 0.3) is 0 Å². The SMILES string of the molecule is CNCCC1CCCCN1C(=O)c1c(C)cccc1C. The summed E-state index contributed by atoms with van der Waals surface area (Å²) in [4.78, 5) is 15.0. The van der Waals surface area contributed by atoms with Crippen LogP contribution in [0, 0.1) is 13.8 Å². The van der Waals surface area contributed by atoms with Crippen molar-refractivity contribution in [2.75, 3.05) is 20.1 Å². The van der Waals surface area contributed by atoms with Crippen LogP contribution in [0.4, 0.5) is 0 Å². The molecule has 0 radical (unpaired) electrons. The Morgan fingerprint density at radius 2 is 2.00 bits per heavy atom. The van der Waals surface area contributed by atoms with E-state index in [9.17, 15) is 4.79 Å². The number of nitrogens with zero attached hydrogens (tertiary/aromatic N) is 1. The Labute approximate surface area is 122 Å². The average molecular weight is 274 g/mol. The highest BCUT2D eigenvalue weighted by Crippen LogP contribution is 2.24. The fourth-order valence-corrected chi connectivity index (χ4v) is 3.17. The van der Waals surface area contributed by atoms with Gasteiger partial charge in [0, 0.05) is 18.2 Å². The number of carbonyl (C=O) groups excluding carboxylic acids is 1. The molecule has 2 rings (SSSR count). The first-order valence-electron chi connectivity index (χ1n) is 7.67. The summed E-state index contributed by atoms with van der Waals surface area (Å²) < 4.78 is 0. The normalized spacial score (nSPS) is 19.1. The first kappa shape index (κ1) is 15.0. The van der Waals surface area contributed by atoms with Crippen molar-refractivity contribution in [2.45, 2.75) is 45.6 Å². The third-order valence-electron chi connectivity index (χ3n) is 4.31. The third-order valence-corrected chi connectivity index (χ3v) is 4.31. The Morgan fingerprint density at radius 1 is 1.30 bits per heavy atom. The number of hydrogen-bond donors (Lipinski definition) is 1. The number of rotatable bonds is 4. The van der Waals surface area contributed by atoms with E-state index in [1.165, 1.54) is 6.42 Å². The molecule has 0 aliphatic carbocycles. The second-order valence-corrected chi connectivity index (χ2v) is 5.81. The summed E-state index contributed by atoms with van der Waals surface area (Å²) in [6, 6.07) is 6.48. The highest BCUT2D eigenvalue weighted by molar-refractivity contribution is 5.97. The predicted octanol–water partition coefficient (Wildman–Crippen LogP) is 2.91. The van der Waals surface area contributed by atoms with Crippen molar-refractivity contribution in [3.05, 3.63) is 34.9 Å². The van der Waals surface area contributed by atoms with Crippen LogP contribution in [0.1, 0.15) is 47.2 Å². The molecule has 1 N–H and O–H groups in total. The number of carbonyl (C=O) groups is 1. The van der Waals surface area contributed by atoms with Gasteiger partial charge in [-0.25, -0.2) is 0 Å². The van der Waals surface area contributed by atoms with Crippen molar-refractivity contribution in [1.82, 2.24) is 10.2 Å². The summed E-state index contributed by atoms with van der Waals surface area (Å²) in [7, 11) is 1.97. The number of benzene rings is 1. The van der Waals surface area contributed by atoms with Gasteiger partial charge in [0.2, 0.25) is 0 Å². The Bertz CT molecular complexity index is 450. The predicted molar refractivity (Wildman–Crippen MR) is 83.1 cm³/mol. The molecule has 1 aromatic carbocycles. The van der Waals surface area contributed by atoms with E-state index in [1.54, 1.807) is 0 Å². The Kier molecular flexibility index (Phi) is 5.18. The lowest BCUT2D eigenvalue weighted by Crippen LogP contribution is -2.45. The molecule has 1 aliphatic heterocycles.